The first kappa shape index (κ1) is 19.6. The maximum absolute atomic E-state index is 12.1. The van der Waals surface area contributed by atoms with Gasteiger partial charge in [0.2, 0.25) is 0 Å². The third kappa shape index (κ3) is 6.29. The third-order valence-corrected chi connectivity index (χ3v) is 3.52. The summed E-state index contributed by atoms with van der Waals surface area (Å²) in [4.78, 5) is 12.1. The van der Waals surface area contributed by atoms with E-state index < -0.39 is 0 Å². The van der Waals surface area contributed by atoms with Crippen LogP contribution in [0.3, 0.4) is 0 Å². The van der Waals surface area contributed by atoms with E-state index in [4.69, 9.17) is 18.9 Å². The average Bonchev–Trinajstić information content (AvgIpc) is 2.65. The van der Waals surface area contributed by atoms with E-state index in [-0.39, 0.29) is 12.5 Å². The predicted molar refractivity (Wildman–Crippen MR) is 100 cm³/mol. The summed E-state index contributed by atoms with van der Waals surface area (Å²) >= 11 is 0. The predicted octanol–water partition coefficient (Wildman–Crippen LogP) is 3.44. The van der Waals surface area contributed by atoms with Crippen molar-refractivity contribution in [2.45, 2.75) is 13.8 Å². The minimum absolute atomic E-state index is 0.0956. The molecule has 0 aromatic heterocycles. The number of hydrogen-bond acceptors (Lipinski definition) is 5. The van der Waals surface area contributed by atoms with Crippen LogP contribution in [0.15, 0.2) is 42.5 Å². The van der Waals surface area contributed by atoms with Crippen LogP contribution in [0.5, 0.6) is 17.2 Å². The Labute approximate surface area is 154 Å². The van der Waals surface area contributed by atoms with E-state index in [1.54, 1.807) is 31.4 Å². The number of rotatable bonds is 10. The largest absolute Gasteiger partial charge is 0.495 e. The van der Waals surface area contributed by atoms with Gasteiger partial charge in [-0.05, 0) is 55.8 Å². The van der Waals surface area contributed by atoms with Crippen molar-refractivity contribution in [2.75, 3.05) is 38.9 Å². The number of amides is 1. The van der Waals surface area contributed by atoms with Crippen LogP contribution in [0.2, 0.25) is 0 Å². The Bertz CT molecular complexity index is 700. The quantitative estimate of drug-likeness (QED) is 0.658. The SMILES string of the molecule is CCOCCOc1ccc(OCC(=O)Nc2cc(C)ccc2OC)cc1. The number of carbonyl (C=O) groups excluding carboxylic acids is 1. The zero-order valence-electron chi connectivity index (χ0n) is 15.4. The highest BCUT2D eigenvalue weighted by Crippen LogP contribution is 2.25. The van der Waals surface area contributed by atoms with E-state index in [2.05, 4.69) is 5.32 Å². The first-order valence-corrected chi connectivity index (χ1v) is 8.50. The summed E-state index contributed by atoms with van der Waals surface area (Å²) in [6.07, 6.45) is 0. The molecule has 26 heavy (non-hydrogen) atoms. The molecule has 0 aliphatic rings. The topological polar surface area (TPSA) is 66.0 Å². The fraction of sp³-hybridized carbons (Fsp3) is 0.350. The lowest BCUT2D eigenvalue weighted by atomic mass is 10.2. The second kappa shape index (κ2) is 10.3. The Balaban J connectivity index is 1.81. The van der Waals surface area contributed by atoms with Gasteiger partial charge in [0, 0.05) is 6.61 Å². The Morgan fingerprint density at radius 3 is 2.35 bits per heavy atom. The monoisotopic (exact) mass is 359 g/mol. The van der Waals surface area contributed by atoms with Crippen molar-refractivity contribution in [3.63, 3.8) is 0 Å². The number of nitrogens with one attached hydrogen (secondary N) is 1. The Kier molecular flexibility index (Phi) is 7.76. The highest BCUT2D eigenvalue weighted by Gasteiger charge is 2.09. The molecular formula is C20H25NO5. The van der Waals surface area contributed by atoms with Crippen molar-refractivity contribution in [3.05, 3.63) is 48.0 Å². The maximum Gasteiger partial charge on any atom is 0.262 e. The molecule has 6 heteroatoms. The number of methoxy groups -OCH3 is 1. The van der Waals surface area contributed by atoms with Crippen LogP contribution in [0.1, 0.15) is 12.5 Å². The van der Waals surface area contributed by atoms with Gasteiger partial charge in [0.15, 0.2) is 6.61 Å². The standard InChI is InChI=1S/C20H25NO5/c1-4-24-11-12-25-16-6-8-17(9-7-16)26-14-20(22)21-18-13-15(2)5-10-19(18)23-3/h5-10,13H,4,11-12,14H2,1-3H3,(H,21,22). The maximum atomic E-state index is 12.1. The van der Waals surface area contributed by atoms with Crippen LogP contribution < -0.4 is 19.5 Å². The molecule has 0 aliphatic carbocycles. The minimum Gasteiger partial charge on any atom is -0.495 e. The molecule has 6 nitrogen and oxygen atoms in total. The van der Waals surface area contributed by atoms with Gasteiger partial charge >= 0.3 is 0 Å². The van der Waals surface area contributed by atoms with E-state index in [1.165, 1.54) is 0 Å². The van der Waals surface area contributed by atoms with Crippen molar-refractivity contribution >= 4 is 11.6 Å². The second-order valence-electron chi connectivity index (χ2n) is 5.56. The zero-order valence-corrected chi connectivity index (χ0v) is 15.4. The van der Waals surface area contributed by atoms with E-state index in [1.807, 2.05) is 32.0 Å². The molecular weight excluding hydrogens is 334 g/mol. The molecule has 0 saturated heterocycles. The summed E-state index contributed by atoms with van der Waals surface area (Å²) in [5, 5.41) is 2.80. The van der Waals surface area contributed by atoms with Gasteiger partial charge in [0.1, 0.15) is 23.9 Å². The van der Waals surface area contributed by atoms with Crippen LogP contribution in [-0.2, 0) is 9.53 Å². The van der Waals surface area contributed by atoms with Crippen molar-refractivity contribution in [1.29, 1.82) is 0 Å². The molecule has 0 fully saturated rings. The molecule has 2 rings (SSSR count). The molecule has 1 amide bonds. The van der Waals surface area contributed by atoms with E-state index in [9.17, 15) is 4.79 Å². The molecule has 0 atom stereocenters. The zero-order chi connectivity index (χ0) is 18.8. The minimum atomic E-state index is -0.258. The van der Waals surface area contributed by atoms with Gasteiger partial charge in [-0.2, -0.15) is 0 Å². The fourth-order valence-electron chi connectivity index (χ4n) is 2.25. The van der Waals surface area contributed by atoms with Gasteiger partial charge in [-0.3, -0.25) is 4.79 Å². The number of hydrogen-bond donors (Lipinski definition) is 1. The first-order chi connectivity index (χ1) is 12.6. The van der Waals surface area contributed by atoms with Crippen molar-refractivity contribution in [2.24, 2.45) is 0 Å². The summed E-state index contributed by atoms with van der Waals surface area (Å²) in [5.41, 5.74) is 1.65. The normalized spacial score (nSPS) is 10.3. The van der Waals surface area contributed by atoms with Gasteiger partial charge in [-0.15, -0.1) is 0 Å². The Hall–Kier alpha value is -2.73. The van der Waals surface area contributed by atoms with Crippen LogP contribution in [-0.4, -0.2) is 39.4 Å². The molecule has 0 saturated carbocycles. The molecule has 2 aromatic carbocycles. The molecule has 2 aromatic rings. The molecule has 0 bridgehead atoms. The number of ether oxygens (including phenoxy) is 4. The molecule has 0 spiro atoms. The molecule has 0 unspecified atom stereocenters. The number of carbonyl (C=O) groups is 1. The average molecular weight is 359 g/mol. The summed E-state index contributed by atoms with van der Waals surface area (Å²) in [5.74, 6) is 1.67. The van der Waals surface area contributed by atoms with E-state index in [0.29, 0.717) is 37.0 Å². The molecule has 0 heterocycles. The van der Waals surface area contributed by atoms with Crippen LogP contribution in [0, 0.1) is 6.92 Å². The summed E-state index contributed by atoms with van der Waals surface area (Å²) < 4.78 is 21.5. The van der Waals surface area contributed by atoms with Gasteiger partial charge in [-0.25, -0.2) is 0 Å². The first-order valence-electron chi connectivity index (χ1n) is 8.50. The Morgan fingerprint density at radius 1 is 1.00 bits per heavy atom. The van der Waals surface area contributed by atoms with Crippen LogP contribution in [0.4, 0.5) is 5.69 Å². The van der Waals surface area contributed by atoms with Crippen molar-refractivity contribution in [3.8, 4) is 17.2 Å². The lowest BCUT2D eigenvalue weighted by Crippen LogP contribution is -2.20. The van der Waals surface area contributed by atoms with Gasteiger partial charge in [0.05, 0.1) is 19.4 Å². The summed E-state index contributed by atoms with van der Waals surface area (Å²) in [6.45, 7) is 5.52. The third-order valence-electron chi connectivity index (χ3n) is 3.52. The van der Waals surface area contributed by atoms with Gasteiger partial charge in [-0.1, -0.05) is 6.07 Å². The number of benzene rings is 2. The van der Waals surface area contributed by atoms with E-state index >= 15 is 0 Å². The lowest BCUT2D eigenvalue weighted by Gasteiger charge is -2.12. The number of anilines is 1. The van der Waals surface area contributed by atoms with Gasteiger partial charge < -0.3 is 24.3 Å². The highest BCUT2D eigenvalue weighted by molar-refractivity contribution is 5.93. The smallest absolute Gasteiger partial charge is 0.262 e. The second-order valence-corrected chi connectivity index (χ2v) is 5.56. The summed E-state index contributed by atoms with van der Waals surface area (Å²) in [6, 6.07) is 12.7. The lowest BCUT2D eigenvalue weighted by molar-refractivity contribution is -0.118. The van der Waals surface area contributed by atoms with Crippen LogP contribution in [0.25, 0.3) is 0 Å². The van der Waals surface area contributed by atoms with Crippen molar-refractivity contribution < 1.29 is 23.7 Å². The number of aryl methyl sites for hydroxylation is 1. The van der Waals surface area contributed by atoms with Crippen molar-refractivity contribution in [1.82, 2.24) is 0 Å². The van der Waals surface area contributed by atoms with E-state index in [0.717, 1.165) is 11.3 Å². The Morgan fingerprint density at radius 2 is 1.69 bits per heavy atom. The molecule has 0 radical (unpaired) electrons. The molecule has 140 valence electrons. The molecule has 1 N–H and O–H groups in total. The fourth-order valence-corrected chi connectivity index (χ4v) is 2.25. The highest BCUT2D eigenvalue weighted by atomic mass is 16.5. The van der Waals surface area contributed by atoms with Crippen LogP contribution >= 0.6 is 0 Å². The summed E-state index contributed by atoms with van der Waals surface area (Å²) in [7, 11) is 1.56. The molecule has 0 aliphatic heterocycles. The van der Waals surface area contributed by atoms with Gasteiger partial charge in [0.25, 0.3) is 5.91 Å².